The van der Waals surface area contributed by atoms with E-state index in [0.717, 1.165) is 22.2 Å². The Bertz CT molecular complexity index is 488. The molecule has 2 rings (SSSR count). The molecular weight excluding hydrogens is 254 g/mol. The number of carbonyl (C=O) groups is 3. The molecule has 1 heterocycles. The van der Waals surface area contributed by atoms with E-state index in [-0.39, 0.29) is 6.54 Å². The molecule has 1 aliphatic heterocycles. The van der Waals surface area contributed by atoms with Crippen LogP contribution >= 0.6 is 11.8 Å². The number of hydrogen-bond donors (Lipinski definition) is 0. The first-order valence-electron chi connectivity index (χ1n) is 5.33. The molecule has 0 unspecified atom stereocenters. The van der Waals surface area contributed by atoms with Crippen molar-refractivity contribution in [3.63, 3.8) is 0 Å². The summed E-state index contributed by atoms with van der Waals surface area (Å²) >= 11 is 0.746. The molecule has 5 nitrogen and oxygen atoms in total. The normalized spacial score (nSPS) is 19.3. The SMILES string of the molecule is O=C([O-])C[C@H]1SC(=O)N(Cc2ccccc2)C1=O. The first-order valence-corrected chi connectivity index (χ1v) is 6.21. The summed E-state index contributed by atoms with van der Waals surface area (Å²) in [4.78, 5) is 35.0. The van der Waals surface area contributed by atoms with Crippen LogP contribution in [-0.2, 0) is 16.1 Å². The van der Waals surface area contributed by atoms with Crippen LogP contribution in [0, 0.1) is 0 Å². The second-order valence-corrected chi connectivity index (χ2v) is 5.01. The summed E-state index contributed by atoms with van der Waals surface area (Å²) in [6.07, 6.45) is -0.430. The van der Waals surface area contributed by atoms with Crippen molar-refractivity contribution in [2.24, 2.45) is 0 Å². The van der Waals surface area contributed by atoms with E-state index in [1.54, 1.807) is 12.1 Å². The smallest absolute Gasteiger partial charge is 0.289 e. The number of amides is 2. The lowest BCUT2D eigenvalue weighted by Gasteiger charge is -2.13. The van der Waals surface area contributed by atoms with Crippen LogP contribution in [0.25, 0.3) is 0 Å². The second kappa shape index (κ2) is 5.22. The van der Waals surface area contributed by atoms with Crippen LogP contribution in [0.3, 0.4) is 0 Å². The maximum Gasteiger partial charge on any atom is 0.289 e. The van der Waals surface area contributed by atoms with Gasteiger partial charge in [0, 0.05) is 12.4 Å². The van der Waals surface area contributed by atoms with Crippen molar-refractivity contribution in [2.45, 2.75) is 18.2 Å². The van der Waals surface area contributed by atoms with E-state index >= 15 is 0 Å². The van der Waals surface area contributed by atoms with Gasteiger partial charge in [-0.25, -0.2) is 0 Å². The Morgan fingerprint density at radius 1 is 1.28 bits per heavy atom. The summed E-state index contributed by atoms with van der Waals surface area (Å²) in [5, 5.41) is 9.20. The van der Waals surface area contributed by atoms with Crippen LogP contribution in [-0.4, -0.2) is 27.3 Å². The van der Waals surface area contributed by atoms with Crippen molar-refractivity contribution < 1.29 is 19.5 Å². The third-order valence-electron chi connectivity index (χ3n) is 2.54. The molecule has 0 aromatic heterocycles. The first-order chi connectivity index (χ1) is 8.58. The molecule has 0 radical (unpaired) electrons. The highest BCUT2D eigenvalue weighted by molar-refractivity contribution is 8.15. The van der Waals surface area contributed by atoms with Gasteiger partial charge in [-0.1, -0.05) is 42.1 Å². The average Bonchev–Trinajstić information content (AvgIpc) is 2.58. The monoisotopic (exact) mass is 264 g/mol. The third kappa shape index (κ3) is 2.70. The molecule has 0 N–H and O–H groups in total. The summed E-state index contributed by atoms with van der Waals surface area (Å²) in [7, 11) is 0. The quantitative estimate of drug-likeness (QED) is 0.786. The van der Waals surface area contributed by atoms with Gasteiger partial charge in [-0.15, -0.1) is 0 Å². The Labute approximate surface area is 108 Å². The minimum absolute atomic E-state index is 0.176. The number of nitrogens with zero attached hydrogens (tertiary/aromatic N) is 1. The zero-order chi connectivity index (χ0) is 13.1. The Kier molecular flexibility index (Phi) is 3.66. The molecule has 94 valence electrons. The van der Waals surface area contributed by atoms with Gasteiger partial charge in [0.25, 0.3) is 5.24 Å². The van der Waals surface area contributed by atoms with E-state index in [0.29, 0.717) is 0 Å². The van der Waals surface area contributed by atoms with Crippen LogP contribution < -0.4 is 5.11 Å². The zero-order valence-corrected chi connectivity index (χ0v) is 10.2. The van der Waals surface area contributed by atoms with E-state index in [4.69, 9.17) is 0 Å². The molecule has 1 aromatic carbocycles. The molecule has 0 bridgehead atoms. The molecule has 6 heteroatoms. The predicted octanol–water partition coefficient (Wildman–Crippen LogP) is 0.391. The topological polar surface area (TPSA) is 77.5 Å². The lowest BCUT2D eigenvalue weighted by molar-refractivity contribution is -0.305. The highest BCUT2D eigenvalue weighted by atomic mass is 32.2. The molecule has 1 aliphatic rings. The number of thioether (sulfide) groups is 1. The lowest BCUT2D eigenvalue weighted by atomic mass is 10.2. The molecule has 0 spiro atoms. The van der Waals surface area contributed by atoms with Gasteiger partial charge in [-0.3, -0.25) is 14.5 Å². The highest BCUT2D eigenvalue weighted by Crippen LogP contribution is 2.30. The van der Waals surface area contributed by atoms with E-state index in [2.05, 4.69) is 0 Å². The Hall–Kier alpha value is -1.82. The van der Waals surface area contributed by atoms with Crippen LogP contribution in [0.1, 0.15) is 12.0 Å². The Morgan fingerprint density at radius 2 is 1.94 bits per heavy atom. The van der Waals surface area contributed by atoms with E-state index < -0.39 is 28.8 Å². The van der Waals surface area contributed by atoms with Gasteiger partial charge in [0.15, 0.2) is 0 Å². The van der Waals surface area contributed by atoms with Crippen molar-refractivity contribution in [3.8, 4) is 0 Å². The summed E-state index contributed by atoms with van der Waals surface area (Å²) in [6.45, 7) is 0.176. The fraction of sp³-hybridized carbons (Fsp3) is 0.250. The van der Waals surface area contributed by atoms with Crippen molar-refractivity contribution in [2.75, 3.05) is 0 Å². The molecule has 1 saturated heterocycles. The number of aliphatic carboxylic acids is 1. The van der Waals surface area contributed by atoms with Crippen molar-refractivity contribution in [3.05, 3.63) is 35.9 Å². The number of carbonyl (C=O) groups excluding carboxylic acids is 3. The van der Waals surface area contributed by atoms with Gasteiger partial charge in [0.05, 0.1) is 11.8 Å². The van der Waals surface area contributed by atoms with Crippen molar-refractivity contribution >= 4 is 28.9 Å². The van der Waals surface area contributed by atoms with Gasteiger partial charge in [-0.05, 0) is 5.56 Å². The van der Waals surface area contributed by atoms with Crippen molar-refractivity contribution in [1.82, 2.24) is 4.90 Å². The maximum absolute atomic E-state index is 11.8. The number of carboxylic acids is 1. The molecule has 1 aromatic rings. The number of imide groups is 1. The zero-order valence-electron chi connectivity index (χ0n) is 9.37. The number of rotatable bonds is 4. The largest absolute Gasteiger partial charge is 0.550 e. The first kappa shape index (κ1) is 12.6. The van der Waals surface area contributed by atoms with Gasteiger partial charge < -0.3 is 9.90 Å². The summed E-state index contributed by atoms with van der Waals surface area (Å²) in [5.41, 5.74) is 0.828. The van der Waals surface area contributed by atoms with Gasteiger partial charge in [-0.2, -0.15) is 0 Å². The molecule has 2 amide bonds. The Morgan fingerprint density at radius 3 is 2.56 bits per heavy atom. The predicted molar refractivity (Wildman–Crippen MR) is 63.4 cm³/mol. The fourth-order valence-electron chi connectivity index (χ4n) is 1.69. The molecule has 0 saturated carbocycles. The maximum atomic E-state index is 11.8. The summed E-state index contributed by atoms with van der Waals surface area (Å²) in [5.74, 6) is -1.78. The van der Waals surface area contributed by atoms with Crippen LogP contribution in [0.2, 0.25) is 0 Å². The van der Waals surface area contributed by atoms with Crippen molar-refractivity contribution in [1.29, 1.82) is 0 Å². The second-order valence-electron chi connectivity index (χ2n) is 3.86. The van der Waals surface area contributed by atoms with Crippen LogP contribution in [0.5, 0.6) is 0 Å². The Balaban J connectivity index is 2.08. The molecule has 1 atom stereocenters. The van der Waals surface area contributed by atoms with Crippen LogP contribution in [0.4, 0.5) is 4.79 Å². The van der Waals surface area contributed by atoms with Gasteiger partial charge in [0.1, 0.15) is 0 Å². The molecule has 0 aliphatic carbocycles. The highest BCUT2D eigenvalue weighted by Gasteiger charge is 2.39. The van der Waals surface area contributed by atoms with Gasteiger partial charge in [0.2, 0.25) is 5.91 Å². The number of carboxylic acid groups (broad SMARTS) is 1. The lowest BCUT2D eigenvalue weighted by Crippen LogP contribution is -2.34. The molecular formula is C12H10NO4S-. The van der Waals surface area contributed by atoms with Crippen LogP contribution in [0.15, 0.2) is 30.3 Å². The fourth-order valence-corrected chi connectivity index (χ4v) is 2.66. The summed E-state index contributed by atoms with van der Waals surface area (Å²) < 4.78 is 0. The average molecular weight is 264 g/mol. The molecule has 1 fully saturated rings. The summed E-state index contributed by atoms with van der Waals surface area (Å²) in [6, 6.07) is 9.07. The third-order valence-corrected chi connectivity index (χ3v) is 3.62. The van der Waals surface area contributed by atoms with E-state index in [9.17, 15) is 19.5 Å². The molecule has 18 heavy (non-hydrogen) atoms. The standard InChI is InChI=1S/C12H11NO4S/c14-10(15)6-9-11(16)13(12(17)18-9)7-8-4-2-1-3-5-8/h1-5,9H,6-7H2,(H,14,15)/p-1/t9-/m1/s1. The minimum atomic E-state index is -1.32. The van der Waals surface area contributed by atoms with Gasteiger partial charge >= 0.3 is 0 Å². The number of benzene rings is 1. The minimum Gasteiger partial charge on any atom is -0.550 e. The number of hydrogen-bond acceptors (Lipinski definition) is 5. The van der Waals surface area contributed by atoms with E-state index in [1.807, 2.05) is 18.2 Å². The van der Waals surface area contributed by atoms with E-state index in [1.165, 1.54) is 0 Å².